The first-order valence-electron chi connectivity index (χ1n) is 9.99. The molecule has 1 saturated heterocycles. The number of hydrogen-bond acceptors (Lipinski definition) is 4. The highest BCUT2D eigenvalue weighted by molar-refractivity contribution is 14.0. The average molecular weight is 509 g/mol. The molecule has 1 aliphatic heterocycles. The molecule has 2 N–H and O–H groups in total. The van der Waals surface area contributed by atoms with Crippen molar-refractivity contribution in [2.75, 3.05) is 39.8 Å². The van der Waals surface area contributed by atoms with Crippen molar-refractivity contribution in [2.24, 2.45) is 10.9 Å². The van der Waals surface area contributed by atoms with Crippen molar-refractivity contribution in [3.05, 3.63) is 22.4 Å². The summed E-state index contributed by atoms with van der Waals surface area (Å²) in [6.07, 6.45) is 3.91. The van der Waals surface area contributed by atoms with Gasteiger partial charge in [0.1, 0.15) is 0 Å². The molecular formula is C20H37IN4OS. The maximum absolute atomic E-state index is 5.83. The average Bonchev–Trinajstić information content (AvgIpc) is 3.33. The number of ether oxygens (including phenoxy) is 1. The second kappa shape index (κ2) is 13.7. The number of likely N-dealkylation sites (tertiary alicyclic amines) is 1. The van der Waals surface area contributed by atoms with Gasteiger partial charge >= 0.3 is 0 Å². The molecule has 1 aliphatic rings. The van der Waals surface area contributed by atoms with Crippen LogP contribution < -0.4 is 10.6 Å². The zero-order valence-electron chi connectivity index (χ0n) is 17.2. The van der Waals surface area contributed by atoms with Crippen LogP contribution in [0, 0.1) is 5.92 Å². The van der Waals surface area contributed by atoms with E-state index in [4.69, 9.17) is 4.74 Å². The second-order valence-electron chi connectivity index (χ2n) is 7.18. The Bertz CT molecular complexity index is 518. The first kappa shape index (κ1) is 24.7. The van der Waals surface area contributed by atoms with E-state index >= 15 is 0 Å². The van der Waals surface area contributed by atoms with Gasteiger partial charge in [-0.3, -0.25) is 9.89 Å². The zero-order chi connectivity index (χ0) is 18.8. The largest absolute Gasteiger partial charge is 0.378 e. The summed E-state index contributed by atoms with van der Waals surface area (Å²) in [6, 6.07) is 4.83. The number of rotatable bonds is 10. The molecule has 0 aliphatic carbocycles. The molecule has 1 fully saturated rings. The lowest BCUT2D eigenvalue weighted by molar-refractivity contribution is 0.0258. The number of aliphatic imine (C=N–C) groups is 1. The molecule has 0 spiro atoms. The molecule has 0 aromatic carbocycles. The summed E-state index contributed by atoms with van der Waals surface area (Å²) in [4.78, 5) is 8.42. The molecule has 2 atom stereocenters. The maximum Gasteiger partial charge on any atom is 0.191 e. The smallest absolute Gasteiger partial charge is 0.191 e. The van der Waals surface area contributed by atoms with Gasteiger partial charge in [-0.05, 0) is 56.6 Å². The van der Waals surface area contributed by atoms with Crippen molar-refractivity contribution in [1.29, 1.82) is 0 Å². The summed E-state index contributed by atoms with van der Waals surface area (Å²) in [6.45, 7) is 11.4. The zero-order valence-corrected chi connectivity index (χ0v) is 20.4. The Morgan fingerprint density at radius 2 is 2.04 bits per heavy atom. The molecule has 27 heavy (non-hydrogen) atoms. The number of nitrogens with one attached hydrogen (secondary N) is 2. The van der Waals surface area contributed by atoms with Gasteiger partial charge in [-0.25, -0.2) is 0 Å². The second-order valence-corrected chi connectivity index (χ2v) is 8.16. The van der Waals surface area contributed by atoms with E-state index in [-0.39, 0.29) is 24.0 Å². The van der Waals surface area contributed by atoms with Gasteiger partial charge in [0.05, 0.1) is 12.1 Å². The minimum absolute atomic E-state index is 0. The van der Waals surface area contributed by atoms with Crippen LogP contribution in [0.15, 0.2) is 22.5 Å². The van der Waals surface area contributed by atoms with E-state index in [1.807, 2.05) is 18.4 Å². The van der Waals surface area contributed by atoms with E-state index in [1.54, 1.807) is 0 Å². The Kier molecular flexibility index (Phi) is 12.5. The molecule has 1 aromatic rings. The van der Waals surface area contributed by atoms with E-state index < -0.39 is 0 Å². The Morgan fingerprint density at radius 3 is 2.59 bits per heavy atom. The van der Waals surface area contributed by atoms with Gasteiger partial charge in [-0.2, -0.15) is 0 Å². The van der Waals surface area contributed by atoms with Crippen LogP contribution in [-0.4, -0.2) is 56.8 Å². The van der Waals surface area contributed by atoms with Gasteiger partial charge in [-0.1, -0.05) is 19.9 Å². The summed E-state index contributed by atoms with van der Waals surface area (Å²) < 4.78 is 5.83. The number of thiophene rings is 1. The predicted molar refractivity (Wildman–Crippen MR) is 128 cm³/mol. The Labute approximate surface area is 186 Å². The Morgan fingerprint density at radius 1 is 1.30 bits per heavy atom. The first-order valence-corrected chi connectivity index (χ1v) is 10.9. The number of nitrogens with zero attached hydrogens (tertiary/aromatic N) is 2. The van der Waals surface area contributed by atoms with E-state index in [0.717, 1.165) is 32.1 Å². The highest BCUT2D eigenvalue weighted by Crippen LogP contribution is 2.27. The van der Waals surface area contributed by atoms with Crippen LogP contribution in [0.5, 0.6) is 0 Å². The predicted octanol–water partition coefficient (Wildman–Crippen LogP) is 4.12. The third-order valence-electron chi connectivity index (χ3n) is 4.99. The molecular weight excluding hydrogens is 471 g/mol. The third-order valence-corrected chi connectivity index (χ3v) is 5.96. The summed E-state index contributed by atoms with van der Waals surface area (Å²) in [5.41, 5.74) is 0. The lowest BCUT2D eigenvalue weighted by atomic mass is 10.0. The van der Waals surface area contributed by atoms with Crippen molar-refractivity contribution in [3.8, 4) is 0 Å². The van der Waals surface area contributed by atoms with Crippen molar-refractivity contribution in [2.45, 2.75) is 52.2 Å². The number of guanidine groups is 1. The van der Waals surface area contributed by atoms with Crippen LogP contribution >= 0.6 is 35.3 Å². The van der Waals surface area contributed by atoms with Gasteiger partial charge in [0.25, 0.3) is 0 Å². The normalized spacial score (nSPS) is 17.6. The lowest BCUT2D eigenvalue weighted by Crippen LogP contribution is -2.43. The first-order chi connectivity index (χ1) is 12.7. The highest BCUT2D eigenvalue weighted by atomic mass is 127. The summed E-state index contributed by atoms with van der Waals surface area (Å²) in [7, 11) is 1.84. The Balaban J connectivity index is 0.00000364. The van der Waals surface area contributed by atoms with Crippen LogP contribution in [0.3, 0.4) is 0 Å². The molecule has 1 aromatic heterocycles. The lowest BCUT2D eigenvalue weighted by Gasteiger charge is -2.28. The van der Waals surface area contributed by atoms with Crippen LogP contribution in [0.2, 0.25) is 0 Å². The van der Waals surface area contributed by atoms with Gasteiger partial charge in [-0.15, -0.1) is 35.3 Å². The molecule has 2 heterocycles. The summed E-state index contributed by atoms with van der Waals surface area (Å²) >= 11 is 1.85. The molecule has 2 unspecified atom stereocenters. The fourth-order valence-electron chi connectivity index (χ4n) is 3.51. The van der Waals surface area contributed by atoms with Gasteiger partial charge in [0.15, 0.2) is 5.96 Å². The molecule has 0 saturated carbocycles. The minimum atomic E-state index is 0. The van der Waals surface area contributed by atoms with Gasteiger partial charge in [0, 0.05) is 31.6 Å². The SMILES string of the molecule is CCOC(CCNC(=NC)NCC(c1cccs1)N1CCCC1)C(C)C.I. The fourth-order valence-corrected chi connectivity index (χ4v) is 4.37. The highest BCUT2D eigenvalue weighted by Gasteiger charge is 2.24. The minimum Gasteiger partial charge on any atom is -0.378 e. The molecule has 156 valence electrons. The molecule has 5 nitrogen and oxygen atoms in total. The topological polar surface area (TPSA) is 48.9 Å². The maximum atomic E-state index is 5.83. The number of hydrogen-bond donors (Lipinski definition) is 2. The van der Waals surface area contributed by atoms with Gasteiger partial charge in [0.2, 0.25) is 0 Å². The van der Waals surface area contributed by atoms with Crippen molar-refractivity contribution >= 4 is 41.3 Å². The van der Waals surface area contributed by atoms with Gasteiger partial charge < -0.3 is 15.4 Å². The molecule has 0 amide bonds. The van der Waals surface area contributed by atoms with E-state index in [9.17, 15) is 0 Å². The van der Waals surface area contributed by atoms with Crippen LogP contribution in [0.1, 0.15) is 51.0 Å². The Hall–Kier alpha value is -0.380. The molecule has 7 heteroatoms. The molecule has 0 radical (unpaired) electrons. The molecule has 2 rings (SSSR count). The molecule has 0 bridgehead atoms. The quantitative estimate of drug-likeness (QED) is 0.284. The van der Waals surface area contributed by atoms with Crippen molar-refractivity contribution in [3.63, 3.8) is 0 Å². The summed E-state index contributed by atoms with van der Waals surface area (Å²) in [5.74, 6) is 1.41. The fraction of sp³-hybridized carbons (Fsp3) is 0.750. The third kappa shape index (κ3) is 8.25. The van der Waals surface area contributed by atoms with Crippen molar-refractivity contribution in [1.82, 2.24) is 15.5 Å². The van der Waals surface area contributed by atoms with Crippen LogP contribution in [0.25, 0.3) is 0 Å². The van der Waals surface area contributed by atoms with E-state index in [1.165, 1.54) is 30.8 Å². The van der Waals surface area contributed by atoms with E-state index in [2.05, 4.69) is 58.8 Å². The number of halogens is 1. The standard InChI is InChI=1S/C20H36N4OS.HI/c1-5-25-18(16(2)3)10-11-22-20(21-4)23-15-17(19-9-8-14-26-19)24-12-6-7-13-24;/h8-9,14,16-18H,5-7,10-13,15H2,1-4H3,(H2,21,22,23);1H. The van der Waals surface area contributed by atoms with Crippen molar-refractivity contribution < 1.29 is 4.74 Å². The van der Waals surface area contributed by atoms with Crippen LogP contribution in [0.4, 0.5) is 0 Å². The summed E-state index contributed by atoms with van der Waals surface area (Å²) in [5, 5.41) is 9.15. The van der Waals surface area contributed by atoms with Crippen LogP contribution in [-0.2, 0) is 4.74 Å². The van der Waals surface area contributed by atoms with E-state index in [0.29, 0.717) is 18.1 Å². The monoisotopic (exact) mass is 508 g/mol.